The Morgan fingerprint density at radius 3 is 2.74 bits per heavy atom. The number of urea groups is 1. The Bertz CT molecular complexity index is 693. The van der Waals surface area contributed by atoms with Crippen molar-refractivity contribution in [1.82, 2.24) is 10.5 Å². The maximum absolute atomic E-state index is 12.1. The van der Waals surface area contributed by atoms with Crippen LogP contribution in [0.3, 0.4) is 0 Å². The molecule has 1 atom stereocenters. The lowest BCUT2D eigenvalue weighted by atomic mass is 9.89. The molecular formula is C18H23N3O2. The van der Waals surface area contributed by atoms with E-state index in [-0.39, 0.29) is 12.1 Å². The fourth-order valence-electron chi connectivity index (χ4n) is 3.13. The van der Waals surface area contributed by atoms with Gasteiger partial charge in [0.2, 0.25) is 0 Å². The Morgan fingerprint density at radius 2 is 2.04 bits per heavy atom. The predicted octanol–water partition coefficient (Wildman–Crippen LogP) is 4.13. The van der Waals surface area contributed by atoms with E-state index >= 15 is 0 Å². The topological polar surface area (TPSA) is 67.2 Å². The highest BCUT2D eigenvalue weighted by Crippen LogP contribution is 2.26. The van der Waals surface area contributed by atoms with Crippen LogP contribution in [0.15, 0.2) is 28.8 Å². The quantitative estimate of drug-likeness (QED) is 0.891. The number of nitrogens with one attached hydrogen (secondary N) is 2. The fourth-order valence-corrected chi connectivity index (χ4v) is 3.13. The standard InChI is InChI=1S/C18H23N3O2/c1-3-16(19-18(22)20-17-10-12(2)23-21-17)15-9-8-13-6-4-5-7-14(13)11-15/h8-11,16H,3-7H2,1-2H3,(H2,19,20,21,22). The molecule has 2 N–H and O–H groups in total. The average molecular weight is 313 g/mol. The lowest BCUT2D eigenvalue weighted by molar-refractivity contribution is 0.248. The van der Waals surface area contributed by atoms with Gasteiger partial charge in [-0.25, -0.2) is 4.79 Å². The van der Waals surface area contributed by atoms with Gasteiger partial charge in [-0.05, 0) is 55.7 Å². The summed E-state index contributed by atoms with van der Waals surface area (Å²) in [6.07, 6.45) is 5.69. The third-order valence-electron chi connectivity index (χ3n) is 4.36. The fraction of sp³-hybridized carbons (Fsp3) is 0.444. The minimum atomic E-state index is -0.261. The number of amides is 2. The minimum Gasteiger partial charge on any atom is -0.360 e. The van der Waals surface area contributed by atoms with Crippen molar-refractivity contribution in [3.63, 3.8) is 0 Å². The normalized spacial score (nSPS) is 14.9. The SMILES string of the molecule is CCC(NC(=O)Nc1cc(C)on1)c1ccc2c(c1)CCCC2. The van der Waals surface area contributed by atoms with E-state index in [2.05, 4.69) is 40.9 Å². The summed E-state index contributed by atoms with van der Waals surface area (Å²) in [7, 11) is 0. The first-order valence-electron chi connectivity index (χ1n) is 8.28. The lowest BCUT2D eigenvalue weighted by Gasteiger charge is -2.21. The van der Waals surface area contributed by atoms with E-state index < -0.39 is 0 Å². The number of rotatable bonds is 4. The van der Waals surface area contributed by atoms with E-state index in [4.69, 9.17) is 4.52 Å². The molecule has 1 aromatic carbocycles. The van der Waals surface area contributed by atoms with Crippen LogP contribution in [0.4, 0.5) is 10.6 Å². The number of carbonyl (C=O) groups excluding carboxylic acids is 1. The highest BCUT2D eigenvalue weighted by Gasteiger charge is 2.16. The third kappa shape index (κ3) is 3.73. The molecule has 0 radical (unpaired) electrons. The van der Waals surface area contributed by atoms with Gasteiger partial charge in [0, 0.05) is 6.07 Å². The maximum Gasteiger partial charge on any atom is 0.320 e. The van der Waals surface area contributed by atoms with Crippen LogP contribution in [0, 0.1) is 6.92 Å². The van der Waals surface area contributed by atoms with Crippen LogP contribution < -0.4 is 10.6 Å². The van der Waals surface area contributed by atoms with Crippen molar-refractivity contribution in [2.45, 2.75) is 52.0 Å². The number of hydrogen-bond donors (Lipinski definition) is 2. The first-order chi connectivity index (χ1) is 11.2. The molecule has 0 aliphatic heterocycles. The summed E-state index contributed by atoms with van der Waals surface area (Å²) in [5.74, 6) is 1.10. The Morgan fingerprint density at radius 1 is 1.26 bits per heavy atom. The van der Waals surface area contributed by atoms with Gasteiger partial charge < -0.3 is 9.84 Å². The minimum absolute atomic E-state index is 0.00442. The van der Waals surface area contributed by atoms with Gasteiger partial charge in [0.05, 0.1) is 6.04 Å². The molecule has 5 nitrogen and oxygen atoms in total. The smallest absolute Gasteiger partial charge is 0.320 e. The van der Waals surface area contributed by atoms with Gasteiger partial charge in [-0.15, -0.1) is 0 Å². The van der Waals surface area contributed by atoms with Crippen molar-refractivity contribution >= 4 is 11.8 Å². The molecule has 1 aliphatic carbocycles. The van der Waals surface area contributed by atoms with Gasteiger partial charge in [-0.1, -0.05) is 30.3 Å². The number of aromatic nitrogens is 1. The van der Waals surface area contributed by atoms with Crippen LogP contribution in [0.1, 0.15) is 54.7 Å². The highest BCUT2D eigenvalue weighted by atomic mass is 16.5. The summed E-state index contributed by atoms with van der Waals surface area (Å²) < 4.78 is 4.95. The summed E-state index contributed by atoms with van der Waals surface area (Å²) in [6.45, 7) is 3.86. The molecule has 1 aromatic heterocycles. The van der Waals surface area contributed by atoms with E-state index in [1.165, 1.54) is 36.0 Å². The number of benzene rings is 1. The zero-order valence-electron chi connectivity index (χ0n) is 13.7. The van der Waals surface area contributed by atoms with Crippen LogP contribution in [0.5, 0.6) is 0 Å². The van der Waals surface area contributed by atoms with Gasteiger partial charge in [0.15, 0.2) is 5.82 Å². The molecular weight excluding hydrogens is 290 g/mol. The molecule has 1 heterocycles. The number of fused-ring (bicyclic) bond motifs is 1. The van der Waals surface area contributed by atoms with Gasteiger partial charge in [-0.2, -0.15) is 0 Å². The summed E-state index contributed by atoms with van der Waals surface area (Å²) in [4.78, 5) is 12.1. The monoisotopic (exact) mass is 313 g/mol. The van der Waals surface area contributed by atoms with Crippen molar-refractivity contribution in [2.75, 3.05) is 5.32 Å². The van der Waals surface area contributed by atoms with Gasteiger partial charge in [0.25, 0.3) is 0 Å². The van der Waals surface area contributed by atoms with E-state index in [0.717, 1.165) is 12.8 Å². The summed E-state index contributed by atoms with van der Waals surface area (Å²) >= 11 is 0. The second kappa shape index (κ2) is 6.86. The number of nitrogens with zero attached hydrogens (tertiary/aromatic N) is 1. The molecule has 0 saturated heterocycles. The van der Waals surface area contributed by atoms with Crippen molar-refractivity contribution in [3.05, 3.63) is 46.7 Å². The zero-order chi connectivity index (χ0) is 16.2. The van der Waals surface area contributed by atoms with Crippen LogP contribution >= 0.6 is 0 Å². The number of hydrogen-bond acceptors (Lipinski definition) is 3. The van der Waals surface area contributed by atoms with E-state index in [0.29, 0.717) is 11.6 Å². The summed E-state index contributed by atoms with van der Waals surface area (Å²) in [5, 5.41) is 9.49. The van der Waals surface area contributed by atoms with E-state index in [9.17, 15) is 4.79 Å². The van der Waals surface area contributed by atoms with E-state index in [1.54, 1.807) is 13.0 Å². The predicted molar refractivity (Wildman–Crippen MR) is 89.5 cm³/mol. The molecule has 23 heavy (non-hydrogen) atoms. The number of carbonyl (C=O) groups is 1. The number of aryl methyl sites for hydroxylation is 3. The molecule has 0 saturated carbocycles. The van der Waals surface area contributed by atoms with Crippen LogP contribution in [0.2, 0.25) is 0 Å². The second-order valence-corrected chi connectivity index (χ2v) is 6.12. The Kier molecular flexibility index (Phi) is 4.65. The Balaban J connectivity index is 1.68. The molecule has 2 amide bonds. The first-order valence-corrected chi connectivity index (χ1v) is 8.28. The molecule has 1 unspecified atom stereocenters. The van der Waals surface area contributed by atoms with Crippen LogP contribution in [-0.4, -0.2) is 11.2 Å². The van der Waals surface area contributed by atoms with Gasteiger partial charge in [-0.3, -0.25) is 5.32 Å². The van der Waals surface area contributed by atoms with Crippen molar-refractivity contribution in [2.24, 2.45) is 0 Å². The lowest BCUT2D eigenvalue weighted by Crippen LogP contribution is -2.32. The molecule has 0 bridgehead atoms. The molecule has 2 aromatic rings. The van der Waals surface area contributed by atoms with Crippen molar-refractivity contribution in [1.29, 1.82) is 0 Å². The van der Waals surface area contributed by atoms with Crippen molar-refractivity contribution < 1.29 is 9.32 Å². The van der Waals surface area contributed by atoms with Crippen molar-refractivity contribution in [3.8, 4) is 0 Å². The second-order valence-electron chi connectivity index (χ2n) is 6.12. The molecule has 0 fully saturated rings. The van der Waals surface area contributed by atoms with Crippen LogP contribution in [0.25, 0.3) is 0 Å². The third-order valence-corrected chi connectivity index (χ3v) is 4.36. The highest BCUT2D eigenvalue weighted by molar-refractivity contribution is 5.88. The zero-order valence-corrected chi connectivity index (χ0v) is 13.7. The largest absolute Gasteiger partial charge is 0.360 e. The number of anilines is 1. The Labute approximate surface area is 136 Å². The molecule has 122 valence electrons. The molecule has 0 spiro atoms. The summed E-state index contributed by atoms with van der Waals surface area (Å²) in [5.41, 5.74) is 4.05. The van der Waals surface area contributed by atoms with Gasteiger partial charge in [0.1, 0.15) is 5.76 Å². The average Bonchev–Trinajstić information content (AvgIpc) is 2.97. The molecule has 3 rings (SSSR count). The molecule has 5 heteroatoms. The maximum atomic E-state index is 12.1. The van der Waals surface area contributed by atoms with E-state index in [1.807, 2.05) is 0 Å². The van der Waals surface area contributed by atoms with Crippen LogP contribution in [-0.2, 0) is 12.8 Å². The van der Waals surface area contributed by atoms with Gasteiger partial charge >= 0.3 is 6.03 Å². The Hall–Kier alpha value is -2.30. The first kappa shape index (κ1) is 15.6. The molecule has 1 aliphatic rings. The summed E-state index contributed by atoms with van der Waals surface area (Å²) in [6, 6.07) is 8.03.